The Morgan fingerprint density at radius 2 is 2.22 bits per heavy atom. The minimum atomic E-state index is -0.214. The Morgan fingerprint density at radius 3 is 2.96 bits per heavy atom. The number of halogens is 1. The summed E-state index contributed by atoms with van der Waals surface area (Å²) < 4.78 is 7.25. The van der Waals surface area contributed by atoms with Crippen LogP contribution in [-0.4, -0.2) is 34.9 Å². The van der Waals surface area contributed by atoms with Gasteiger partial charge in [-0.1, -0.05) is 35.5 Å². The lowest BCUT2D eigenvalue weighted by Crippen LogP contribution is -2.25. The van der Waals surface area contributed by atoms with Crippen LogP contribution in [0, 0.1) is 6.92 Å². The number of aromatic nitrogens is 2. The molecule has 0 saturated carbocycles. The summed E-state index contributed by atoms with van der Waals surface area (Å²) in [6.45, 7) is 2.64. The maximum Gasteiger partial charge on any atom is 0.272 e. The molecule has 3 aromatic rings. The third-order valence-corrected chi connectivity index (χ3v) is 6.05. The van der Waals surface area contributed by atoms with E-state index < -0.39 is 0 Å². The monoisotopic (exact) mass is 423 g/mol. The van der Waals surface area contributed by atoms with Crippen LogP contribution in [0.3, 0.4) is 0 Å². The maximum atomic E-state index is 12.7. The van der Waals surface area contributed by atoms with Crippen LogP contribution in [0.2, 0.25) is 5.02 Å². The minimum Gasteiger partial charge on any atom is -0.383 e. The molecule has 142 valence electrons. The maximum absolute atomic E-state index is 12.7. The Bertz CT molecular complexity index is 1010. The number of nitrogens with one attached hydrogen (secondary N) is 1. The summed E-state index contributed by atoms with van der Waals surface area (Å²) >= 11 is 8.73. The van der Waals surface area contributed by atoms with Gasteiger partial charge in [0.25, 0.3) is 5.56 Å². The highest BCUT2D eigenvalue weighted by atomic mass is 35.5. The summed E-state index contributed by atoms with van der Waals surface area (Å²) in [5.74, 6) is -0.103. The van der Waals surface area contributed by atoms with E-state index in [1.165, 1.54) is 23.1 Å². The molecule has 0 aliphatic heterocycles. The number of carbonyl (C=O) groups excluding carboxylic acids is 1. The number of para-hydroxylation sites is 1. The van der Waals surface area contributed by atoms with Gasteiger partial charge in [0.2, 0.25) is 5.91 Å². The number of rotatable bonds is 7. The van der Waals surface area contributed by atoms with Crippen LogP contribution >= 0.6 is 34.7 Å². The Hall–Kier alpha value is -1.87. The Labute approximate surface area is 169 Å². The van der Waals surface area contributed by atoms with E-state index in [0.29, 0.717) is 39.2 Å². The molecule has 0 saturated heterocycles. The molecular weight excluding hydrogens is 406 g/mol. The van der Waals surface area contributed by atoms with Crippen LogP contribution in [0.15, 0.2) is 39.6 Å². The average Bonchev–Trinajstić information content (AvgIpc) is 3.11. The van der Waals surface area contributed by atoms with Gasteiger partial charge in [-0.05, 0) is 30.0 Å². The highest BCUT2D eigenvalue weighted by molar-refractivity contribution is 7.99. The van der Waals surface area contributed by atoms with Crippen molar-refractivity contribution in [2.75, 3.05) is 24.8 Å². The molecule has 9 heteroatoms. The number of thioether (sulfide) groups is 1. The SMILES string of the molecule is COCCn1c(SCC(=O)Nc2c(C)cccc2Cl)nc2ccsc2c1=O. The summed E-state index contributed by atoms with van der Waals surface area (Å²) in [6, 6.07) is 7.24. The van der Waals surface area contributed by atoms with E-state index in [2.05, 4.69) is 10.3 Å². The number of benzene rings is 1. The van der Waals surface area contributed by atoms with Gasteiger partial charge in [0.15, 0.2) is 5.16 Å². The predicted octanol–water partition coefficient (Wildman–Crippen LogP) is 3.80. The van der Waals surface area contributed by atoms with Crippen molar-refractivity contribution >= 4 is 56.5 Å². The topological polar surface area (TPSA) is 73.2 Å². The summed E-state index contributed by atoms with van der Waals surface area (Å²) in [5, 5.41) is 5.65. The molecule has 2 aromatic heterocycles. The first-order valence-corrected chi connectivity index (χ1v) is 10.4. The molecule has 6 nitrogen and oxygen atoms in total. The molecule has 0 bridgehead atoms. The second-order valence-electron chi connectivity index (χ2n) is 5.75. The van der Waals surface area contributed by atoms with Gasteiger partial charge >= 0.3 is 0 Å². The smallest absolute Gasteiger partial charge is 0.272 e. The number of methoxy groups -OCH3 is 1. The summed E-state index contributed by atoms with van der Waals surface area (Å²) in [6.07, 6.45) is 0. The van der Waals surface area contributed by atoms with Gasteiger partial charge in [0.05, 0.1) is 35.1 Å². The fraction of sp³-hybridized carbons (Fsp3) is 0.278. The number of ether oxygens (including phenoxy) is 1. The van der Waals surface area contributed by atoms with Crippen molar-refractivity contribution in [1.29, 1.82) is 0 Å². The molecule has 1 aromatic carbocycles. The van der Waals surface area contributed by atoms with Crippen molar-refractivity contribution in [2.45, 2.75) is 18.6 Å². The van der Waals surface area contributed by atoms with Crippen molar-refractivity contribution < 1.29 is 9.53 Å². The van der Waals surface area contributed by atoms with Gasteiger partial charge in [-0.2, -0.15) is 0 Å². The van der Waals surface area contributed by atoms with Gasteiger partial charge in [0, 0.05) is 7.11 Å². The number of aryl methyl sites for hydroxylation is 1. The number of fused-ring (bicyclic) bond motifs is 1. The zero-order valence-corrected chi connectivity index (χ0v) is 17.2. The number of hydrogen-bond acceptors (Lipinski definition) is 6. The summed E-state index contributed by atoms with van der Waals surface area (Å²) in [5.41, 5.74) is 2.01. The lowest BCUT2D eigenvalue weighted by atomic mass is 10.2. The van der Waals surface area contributed by atoms with E-state index in [-0.39, 0.29) is 17.2 Å². The summed E-state index contributed by atoms with van der Waals surface area (Å²) in [4.78, 5) is 29.6. The molecule has 0 aliphatic rings. The molecule has 0 aliphatic carbocycles. The van der Waals surface area contributed by atoms with Gasteiger partial charge < -0.3 is 10.1 Å². The molecule has 0 unspecified atom stereocenters. The first-order valence-electron chi connectivity index (χ1n) is 8.16. The second kappa shape index (κ2) is 8.88. The number of anilines is 1. The third-order valence-electron chi connectivity index (χ3n) is 3.87. The number of nitrogens with zero attached hydrogens (tertiary/aromatic N) is 2. The first-order chi connectivity index (χ1) is 13.0. The van der Waals surface area contributed by atoms with Crippen molar-refractivity contribution in [3.63, 3.8) is 0 Å². The van der Waals surface area contributed by atoms with Crippen LogP contribution in [-0.2, 0) is 16.1 Å². The van der Waals surface area contributed by atoms with Crippen LogP contribution in [0.5, 0.6) is 0 Å². The van der Waals surface area contributed by atoms with E-state index >= 15 is 0 Å². The van der Waals surface area contributed by atoms with Gasteiger partial charge in [-0.15, -0.1) is 11.3 Å². The molecule has 2 heterocycles. The summed E-state index contributed by atoms with van der Waals surface area (Å²) in [7, 11) is 1.58. The predicted molar refractivity (Wildman–Crippen MR) is 111 cm³/mol. The fourth-order valence-electron chi connectivity index (χ4n) is 2.51. The average molecular weight is 424 g/mol. The minimum absolute atomic E-state index is 0.111. The largest absolute Gasteiger partial charge is 0.383 e. The molecule has 1 amide bonds. The number of thiophene rings is 1. The van der Waals surface area contributed by atoms with Gasteiger partial charge in [0.1, 0.15) is 4.70 Å². The standard InChI is InChI=1S/C18H18ClN3O3S2/c1-11-4-3-5-12(19)15(11)21-14(23)10-27-18-20-13-6-9-26-16(13)17(24)22(18)7-8-25-2/h3-6,9H,7-8,10H2,1-2H3,(H,21,23). The highest BCUT2D eigenvalue weighted by Gasteiger charge is 2.15. The molecule has 0 atom stereocenters. The molecule has 0 radical (unpaired) electrons. The first kappa shape index (κ1) is 19.9. The van der Waals surface area contributed by atoms with E-state index in [9.17, 15) is 9.59 Å². The molecule has 27 heavy (non-hydrogen) atoms. The van der Waals surface area contributed by atoms with Crippen molar-refractivity contribution in [2.24, 2.45) is 0 Å². The lowest BCUT2D eigenvalue weighted by molar-refractivity contribution is -0.113. The molecule has 3 rings (SSSR count). The van der Waals surface area contributed by atoms with Crippen LogP contribution in [0.1, 0.15) is 5.56 Å². The zero-order valence-electron chi connectivity index (χ0n) is 14.8. The van der Waals surface area contributed by atoms with E-state index in [1.54, 1.807) is 23.8 Å². The number of carbonyl (C=O) groups is 1. The van der Waals surface area contributed by atoms with Gasteiger partial charge in [-0.3, -0.25) is 14.2 Å². The molecular formula is C18H18ClN3O3S2. The molecule has 0 spiro atoms. The van der Waals surface area contributed by atoms with E-state index in [4.69, 9.17) is 16.3 Å². The Kier molecular flexibility index (Phi) is 6.54. The number of amides is 1. The van der Waals surface area contributed by atoms with Crippen molar-refractivity contribution in [1.82, 2.24) is 9.55 Å². The molecule has 1 N–H and O–H groups in total. The van der Waals surface area contributed by atoms with Crippen LogP contribution in [0.4, 0.5) is 5.69 Å². The van der Waals surface area contributed by atoms with Gasteiger partial charge in [-0.25, -0.2) is 4.98 Å². The van der Waals surface area contributed by atoms with Crippen LogP contribution in [0.25, 0.3) is 10.2 Å². The highest BCUT2D eigenvalue weighted by Crippen LogP contribution is 2.26. The van der Waals surface area contributed by atoms with Crippen molar-refractivity contribution in [3.05, 3.63) is 50.6 Å². The van der Waals surface area contributed by atoms with Crippen LogP contribution < -0.4 is 10.9 Å². The molecule has 0 fully saturated rings. The number of hydrogen-bond donors (Lipinski definition) is 1. The quantitative estimate of drug-likeness (QED) is 0.462. The van der Waals surface area contributed by atoms with Crippen molar-refractivity contribution in [3.8, 4) is 0 Å². The van der Waals surface area contributed by atoms with E-state index in [0.717, 1.165) is 5.56 Å². The normalized spacial score (nSPS) is 11.1. The fourth-order valence-corrected chi connectivity index (χ4v) is 4.38. The Balaban J connectivity index is 1.79. The van der Waals surface area contributed by atoms with E-state index in [1.807, 2.05) is 24.4 Å². The Morgan fingerprint density at radius 1 is 1.41 bits per heavy atom. The second-order valence-corrected chi connectivity index (χ2v) is 8.01. The lowest BCUT2D eigenvalue weighted by Gasteiger charge is -2.12. The zero-order chi connectivity index (χ0) is 19.4. The third kappa shape index (κ3) is 4.52.